The lowest BCUT2D eigenvalue weighted by Crippen LogP contribution is -2.48. The van der Waals surface area contributed by atoms with Crippen molar-refractivity contribution < 1.29 is 14.0 Å². The van der Waals surface area contributed by atoms with E-state index in [0.717, 1.165) is 37.1 Å². The topological polar surface area (TPSA) is 38.3 Å². The molecule has 0 aromatic heterocycles. The number of nitrogens with zero attached hydrogens (tertiary/aromatic N) is 1. The average Bonchev–Trinajstić information content (AvgIpc) is 2.30. The molecular weight excluding hydrogens is 192 g/mol. The first-order valence-electron chi connectivity index (χ1n) is 5.83. The van der Waals surface area contributed by atoms with E-state index in [4.69, 9.17) is 4.74 Å². The zero-order valence-corrected chi connectivity index (χ0v) is 10.5. The predicted octanol–water partition coefficient (Wildman–Crippen LogP) is 1.61. The molecule has 15 heavy (non-hydrogen) atoms. The molecule has 0 fully saturated rings. The summed E-state index contributed by atoms with van der Waals surface area (Å²) in [6.45, 7) is 11.7. The zero-order valence-electron chi connectivity index (χ0n) is 10.5. The molecule has 0 aliphatic carbocycles. The van der Waals surface area contributed by atoms with Gasteiger partial charge >= 0.3 is 6.09 Å². The van der Waals surface area contributed by atoms with Gasteiger partial charge in [-0.3, -0.25) is 0 Å². The summed E-state index contributed by atoms with van der Waals surface area (Å²) in [6.07, 6.45) is 0.598. The molecular formula is C11H25N2O2+. The molecule has 4 nitrogen and oxygen atoms in total. The first-order valence-corrected chi connectivity index (χ1v) is 5.83. The molecule has 0 aliphatic rings. The predicted molar refractivity (Wildman–Crippen MR) is 61.8 cm³/mol. The van der Waals surface area contributed by atoms with Crippen LogP contribution in [0, 0.1) is 0 Å². The van der Waals surface area contributed by atoms with Crippen LogP contribution in [-0.4, -0.2) is 50.4 Å². The van der Waals surface area contributed by atoms with Crippen molar-refractivity contribution in [3.05, 3.63) is 0 Å². The number of hydrogen-bond donors (Lipinski definition) is 1. The van der Waals surface area contributed by atoms with Crippen LogP contribution in [0.5, 0.6) is 0 Å². The van der Waals surface area contributed by atoms with Gasteiger partial charge in [-0.05, 0) is 20.8 Å². The van der Waals surface area contributed by atoms with Gasteiger partial charge in [-0.2, -0.15) is 0 Å². The van der Waals surface area contributed by atoms with Crippen LogP contribution in [-0.2, 0) is 4.74 Å². The van der Waals surface area contributed by atoms with Crippen molar-refractivity contribution in [2.75, 3.05) is 39.8 Å². The highest BCUT2D eigenvalue weighted by atomic mass is 16.5. The molecule has 4 heteroatoms. The third kappa shape index (κ3) is 5.02. The lowest BCUT2D eigenvalue weighted by molar-refractivity contribution is -0.923. The lowest BCUT2D eigenvalue weighted by Gasteiger charge is -2.35. The van der Waals surface area contributed by atoms with Crippen molar-refractivity contribution in [3.8, 4) is 0 Å². The molecule has 90 valence electrons. The molecule has 0 bridgehead atoms. The molecule has 0 saturated heterocycles. The highest BCUT2D eigenvalue weighted by Crippen LogP contribution is 2.07. The summed E-state index contributed by atoms with van der Waals surface area (Å²) in [6, 6.07) is 0. The number of ether oxygens (including phenoxy) is 1. The Morgan fingerprint density at radius 1 is 1.20 bits per heavy atom. The molecule has 0 rings (SSSR count). The van der Waals surface area contributed by atoms with E-state index >= 15 is 0 Å². The highest BCUT2D eigenvalue weighted by molar-refractivity contribution is 5.66. The number of nitrogens with one attached hydrogen (secondary N) is 1. The van der Waals surface area contributed by atoms with Crippen LogP contribution in [0.25, 0.3) is 0 Å². The van der Waals surface area contributed by atoms with Crippen LogP contribution in [0.2, 0.25) is 0 Å². The fourth-order valence-electron chi connectivity index (χ4n) is 1.78. The Hall–Kier alpha value is -0.770. The van der Waals surface area contributed by atoms with Crippen molar-refractivity contribution in [1.29, 1.82) is 0 Å². The summed E-state index contributed by atoms with van der Waals surface area (Å²) in [5.74, 6) is 0. The van der Waals surface area contributed by atoms with Gasteiger partial charge in [0.1, 0.15) is 0 Å². The van der Waals surface area contributed by atoms with Crippen LogP contribution in [0.1, 0.15) is 27.2 Å². The van der Waals surface area contributed by atoms with Crippen molar-refractivity contribution in [3.63, 3.8) is 0 Å². The minimum absolute atomic E-state index is 0.336. The van der Waals surface area contributed by atoms with Crippen LogP contribution in [0.15, 0.2) is 0 Å². The van der Waals surface area contributed by atoms with Crippen LogP contribution >= 0.6 is 0 Å². The molecule has 0 saturated carbocycles. The summed E-state index contributed by atoms with van der Waals surface area (Å²) >= 11 is 0. The van der Waals surface area contributed by atoms with E-state index in [0.29, 0.717) is 6.61 Å². The number of alkyl carbamates (subject to hydrolysis) is 1. The van der Waals surface area contributed by atoms with E-state index in [2.05, 4.69) is 26.1 Å². The maximum absolute atomic E-state index is 10.8. The molecule has 0 heterocycles. The van der Waals surface area contributed by atoms with Gasteiger partial charge in [0.15, 0.2) is 0 Å². The molecule has 0 aromatic carbocycles. The molecule has 0 aliphatic heterocycles. The lowest BCUT2D eigenvalue weighted by atomic mass is 10.3. The summed E-state index contributed by atoms with van der Waals surface area (Å²) in [5.41, 5.74) is 0. The number of carbonyl (C=O) groups excluding carboxylic acids is 1. The second kappa shape index (κ2) is 7.51. The summed E-state index contributed by atoms with van der Waals surface area (Å²) in [7, 11) is 1.58. The van der Waals surface area contributed by atoms with Gasteiger partial charge in [-0.15, -0.1) is 0 Å². The Labute approximate surface area is 93.2 Å². The summed E-state index contributed by atoms with van der Waals surface area (Å²) in [4.78, 5) is 10.8. The van der Waals surface area contributed by atoms with E-state index < -0.39 is 0 Å². The summed E-state index contributed by atoms with van der Waals surface area (Å²) < 4.78 is 6.07. The monoisotopic (exact) mass is 217 g/mol. The van der Waals surface area contributed by atoms with Gasteiger partial charge < -0.3 is 14.5 Å². The van der Waals surface area contributed by atoms with E-state index in [1.54, 1.807) is 7.05 Å². The molecule has 0 aromatic rings. The van der Waals surface area contributed by atoms with Crippen molar-refractivity contribution >= 4 is 6.09 Å². The quantitative estimate of drug-likeness (QED) is 0.520. The second-order valence-electron chi connectivity index (χ2n) is 3.75. The Bertz CT molecular complexity index is 171. The average molecular weight is 217 g/mol. The fraction of sp³-hybridized carbons (Fsp3) is 0.909. The Kier molecular flexibility index (Phi) is 7.13. The van der Waals surface area contributed by atoms with Crippen LogP contribution < -0.4 is 5.32 Å². The minimum atomic E-state index is -0.336. The standard InChI is InChI=1S/C11H24N2O2/c1-5-13(6-2,7-3)9-8-10-15-11(14)12-4/h5-10H2,1-4H3/p+1. The van der Waals surface area contributed by atoms with Crippen molar-refractivity contribution in [1.82, 2.24) is 5.32 Å². The first kappa shape index (κ1) is 14.2. The normalized spacial score (nSPS) is 11.2. The maximum atomic E-state index is 10.8. The van der Waals surface area contributed by atoms with E-state index in [-0.39, 0.29) is 6.09 Å². The number of rotatable bonds is 7. The second-order valence-corrected chi connectivity index (χ2v) is 3.75. The van der Waals surface area contributed by atoms with E-state index in [9.17, 15) is 4.79 Å². The molecule has 1 amide bonds. The van der Waals surface area contributed by atoms with Crippen molar-refractivity contribution in [2.24, 2.45) is 0 Å². The third-order valence-corrected chi connectivity index (χ3v) is 3.23. The van der Waals surface area contributed by atoms with Gasteiger partial charge in [0, 0.05) is 13.5 Å². The molecule has 0 atom stereocenters. The van der Waals surface area contributed by atoms with Gasteiger partial charge in [0.05, 0.1) is 32.8 Å². The molecule has 0 radical (unpaired) electrons. The molecule has 0 unspecified atom stereocenters. The Morgan fingerprint density at radius 2 is 1.73 bits per heavy atom. The number of quaternary nitrogens is 1. The van der Waals surface area contributed by atoms with Crippen LogP contribution in [0.4, 0.5) is 4.79 Å². The van der Waals surface area contributed by atoms with Gasteiger partial charge in [-0.1, -0.05) is 0 Å². The Balaban J connectivity index is 3.76. The van der Waals surface area contributed by atoms with Crippen LogP contribution in [0.3, 0.4) is 0 Å². The zero-order chi connectivity index (χ0) is 11.7. The first-order chi connectivity index (χ1) is 7.14. The smallest absolute Gasteiger partial charge is 0.406 e. The molecule has 0 spiro atoms. The number of hydrogen-bond acceptors (Lipinski definition) is 2. The summed E-state index contributed by atoms with van der Waals surface area (Å²) in [5, 5.41) is 2.44. The largest absolute Gasteiger partial charge is 0.449 e. The van der Waals surface area contributed by atoms with E-state index in [1.807, 2.05) is 0 Å². The van der Waals surface area contributed by atoms with Crippen molar-refractivity contribution in [2.45, 2.75) is 27.2 Å². The van der Waals surface area contributed by atoms with E-state index in [1.165, 1.54) is 0 Å². The Morgan fingerprint density at radius 3 is 2.13 bits per heavy atom. The minimum Gasteiger partial charge on any atom is -0.449 e. The maximum Gasteiger partial charge on any atom is 0.406 e. The SMILES string of the molecule is CC[N+](CC)(CC)CCCOC(=O)NC. The van der Waals surface area contributed by atoms with Gasteiger partial charge in [0.25, 0.3) is 0 Å². The highest BCUT2D eigenvalue weighted by Gasteiger charge is 2.19. The van der Waals surface area contributed by atoms with Gasteiger partial charge in [-0.25, -0.2) is 4.79 Å². The fourth-order valence-corrected chi connectivity index (χ4v) is 1.78. The number of amides is 1. The van der Waals surface area contributed by atoms with Gasteiger partial charge in [0.2, 0.25) is 0 Å². The number of carbonyl (C=O) groups is 1. The molecule has 1 N–H and O–H groups in total. The third-order valence-electron chi connectivity index (χ3n) is 3.23.